The van der Waals surface area contributed by atoms with Crippen molar-refractivity contribution in [2.24, 2.45) is 0 Å². The first kappa shape index (κ1) is 7.73. The van der Waals surface area contributed by atoms with Crippen molar-refractivity contribution < 1.29 is 9.47 Å². The van der Waals surface area contributed by atoms with Crippen LogP contribution in [0.5, 0.6) is 0 Å². The lowest BCUT2D eigenvalue weighted by Crippen LogP contribution is -2.07. The zero-order valence-corrected chi connectivity index (χ0v) is 6.73. The second-order valence-corrected chi connectivity index (χ2v) is 2.46. The lowest BCUT2D eigenvalue weighted by atomic mass is 10.3. The van der Waals surface area contributed by atoms with Gasteiger partial charge in [0.15, 0.2) is 0 Å². The first-order chi connectivity index (χ1) is 4.86. The molecule has 0 fully saturated rings. The highest BCUT2D eigenvalue weighted by Gasteiger charge is 2.16. The van der Waals surface area contributed by atoms with Gasteiger partial charge in [-0.3, -0.25) is 0 Å². The Morgan fingerprint density at radius 3 is 3.00 bits per heavy atom. The van der Waals surface area contributed by atoms with Gasteiger partial charge in [0.1, 0.15) is 12.0 Å². The molecule has 1 atom stereocenters. The van der Waals surface area contributed by atoms with Crippen LogP contribution in [0.3, 0.4) is 0 Å². The van der Waals surface area contributed by atoms with Crippen LogP contribution in [0.4, 0.5) is 0 Å². The Kier molecular flexibility index (Phi) is 2.87. The molecule has 0 N–H and O–H groups in total. The van der Waals surface area contributed by atoms with E-state index in [0.29, 0.717) is 5.88 Å². The van der Waals surface area contributed by atoms with E-state index in [9.17, 15) is 0 Å². The fourth-order valence-corrected chi connectivity index (χ4v) is 0.928. The second kappa shape index (κ2) is 3.71. The van der Waals surface area contributed by atoms with E-state index in [1.165, 1.54) is 0 Å². The molecule has 2 nitrogen and oxygen atoms in total. The number of hydrogen-bond donors (Lipinski definition) is 0. The third-order valence-corrected chi connectivity index (χ3v) is 1.55. The Hall–Kier alpha value is -0.370. The highest BCUT2D eigenvalue weighted by molar-refractivity contribution is 6.19. The van der Waals surface area contributed by atoms with Crippen LogP contribution in [0.1, 0.15) is 19.8 Å². The summed E-state index contributed by atoms with van der Waals surface area (Å²) in [5.41, 5.74) is 0. The van der Waals surface area contributed by atoms with Gasteiger partial charge in [-0.05, 0) is 6.42 Å². The smallest absolute Gasteiger partial charge is 0.240 e. The van der Waals surface area contributed by atoms with Crippen LogP contribution in [-0.2, 0) is 9.47 Å². The van der Waals surface area contributed by atoms with Gasteiger partial charge in [0, 0.05) is 6.42 Å². The Morgan fingerprint density at radius 2 is 2.50 bits per heavy atom. The summed E-state index contributed by atoms with van der Waals surface area (Å²) in [6.07, 6.45) is 3.50. The lowest BCUT2D eigenvalue weighted by Gasteiger charge is -2.08. The van der Waals surface area contributed by atoms with Gasteiger partial charge >= 0.3 is 0 Å². The predicted octanol–water partition coefficient (Wildman–Crippen LogP) is 2.24. The molecule has 1 aliphatic rings. The number of rotatable bonds is 3. The van der Waals surface area contributed by atoms with Gasteiger partial charge in [-0.1, -0.05) is 6.92 Å². The number of halogens is 1. The van der Waals surface area contributed by atoms with Crippen LogP contribution in [0.2, 0.25) is 0 Å². The molecule has 0 saturated carbocycles. The van der Waals surface area contributed by atoms with E-state index in [4.69, 9.17) is 21.1 Å². The number of ether oxygens (including phenoxy) is 2. The van der Waals surface area contributed by atoms with Crippen molar-refractivity contribution in [3.8, 4) is 0 Å². The topological polar surface area (TPSA) is 18.5 Å². The minimum absolute atomic E-state index is 0.0845. The van der Waals surface area contributed by atoms with Crippen LogP contribution in [0, 0.1) is 0 Å². The van der Waals surface area contributed by atoms with Crippen LogP contribution in [0.25, 0.3) is 0 Å². The highest BCUT2D eigenvalue weighted by Crippen LogP contribution is 2.18. The quantitative estimate of drug-likeness (QED) is 0.593. The Bertz CT molecular complexity index is 134. The summed E-state index contributed by atoms with van der Waals surface area (Å²) in [4.78, 5) is 0. The van der Waals surface area contributed by atoms with E-state index < -0.39 is 0 Å². The van der Waals surface area contributed by atoms with Gasteiger partial charge in [0.05, 0.1) is 5.88 Å². The lowest BCUT2D eigenvalue weighted by molar-refractivity contribution is -0.0360. The molecule has 1 unspecified atom stereocenters. The van der Waals surface area contributed by atoms with Crippen molar-refractivity contribution >= 4 is 11.6 Å². The summed E-state index contributed by atoms with van der Waals surface area (Å²) < 4.78 is 10.4. The van der Waals surface area contributed by atoms with Crippen molar-refractivity contribution in [1.29, 1.82) is 0 Å². The second-order valence-electron chi connectivity index (χ2n) is 2.19. The zero-order chi connectivity index (χ0) is 7.40. The fourth-order valence-electron chi connectivity index (χ4n) is 0.802. The number of allylic oxidation sites excluding steroid dienone is 1. The van der Waals surface area contributed by atoms with Gasteiger partial charge in [-0.15, -0.1) is 11.6 Å². The van der Waals surface area contributed by atoms with Crippen LogP contribution < -0.4 is 0 Å². The predicted molar refractivity (Wildman–Crippen MR) is 39.7 cm³/mol. The van der Waals surface area contributed by atoms with Gasteiger partial charge in [0.25, 0.3) is 0 Å². The molecular formula is C7H11ClO2. The number of alkyl halides is 1. The molecule has 58 valence electrons. The van der Waals surface area contributed by atoms with Crippen molar-refractivity contribution in [3.05, 3.63) is 12.0 Å². The van der Waals surface area contributed by atoms with Crippen LogP contribution in [-0.4, -0.2) is 12.2 Å². The molecule has 0 radical (unpaired) electrons. The van der Waals surface area contributed by atoms with Crippen molar-refractivity contribution in [1.82, 2.24) is 0 Å². The molecule has 0 aromatic carbocycles. The Labute approximate surface area is 65.8 Å². The van der Waals surface area contributed by atoms with E-state index in [-0.39, 0.29) is 6.29 Å². The van der Waals surface area contributed by atoms with Crippen molar-refractivity contribution in [3.63, 3.8) is 0 Å². The Balaban J connectivity index is 2.22. The summed E-state index contributed by atoms with van der Waals surface area (Å²) in [7, 11) is 0. The van der Waals surface area contributed by atoms with Gasteiger partial charge < -0.3 is 9.47 Å². The molecule has 0 aromatic rings. The van der Waals surface area contributed by atoms with Crippen molar-refractivity contribution in [2.45, 2.75) is 26.1 Å². The average Bonchev–Trinajstić information content (AvgIpc) is 2.37. The molecule has 10 heavy (non-hydrogen) atoms. The number of hydrogen-bond acceptors (Lipinski definition) is 2. The summed E-state index contributed by atoms with van der Waals surface area (Å²) in [6, 6.07) is 0. The van der Waals surface area contributed by atoms with E-state index in [1.54, 1.807) is 6.26 Å². The van der Waals surface area contributed by atoms with Gasteiger partial charge in [0.2, 0.25) is 6.29 Å². The highest BCUT2D eigenvalue weighted by atomic mass is 35.5. The molecule has 0 amide bonds. The first-order valence-electron chi connectivity index (χ1n) is 3.44. The molecule has 0 bridgehead atoms. The fraction of sp³-hybridized carbons (Fsp3) is 0.714. The Morgan fingerprint density at radius 1 is 1.70 bits per heavy atom. The molecule has 0 spiro atoms. The van der Waals surface area contributed by atoms with E-state index in [1.807, 2.05) is 0 Å². The van der Waals surface area contributed by atoms with E-state index in [2.05, 4.69) is 6.92 Å². The van der Waals surface area contributed by atoms with E-state index in [0.717, 1.165) is 18.6 Å². The van der Waals surface area contributed by atoms with Gasteiger partial charge in [-0.25, -0.2) is 0 Å². The third-order valence-electron chi connectivity index (χ3n) is 1.29. The summed E-state index contributed by atoms with van der Waals surface area (Å²) in [5, 5.41) is 0. The summed E-state index contributed by atoms with van der Waals surface area (Å²) >= 11 is 5.50. The van der Waals surface area contributed by atoms with E-state index >= 15 is 0 Å². The molecule has 0 saturated heterocycles. The monoisotopic (exact) mass is 162 g/mol. The molecule has 1 aliphatic heterocycles. The molecule has 1 rings (SSSR count). The molecule has 0 aromatic heterocycles. The zero-order valence-electron chi connectivity index (χ0n) is 5.97. The standard InChI is InChI=1S/C7H11ClO2/c1-2-3-7-9-5-6(4-8)10-7/h5,7H,2-4H2,1H3. The minimum atomic E-state index is -0.0845. The van der Waals surface area contributed by atoms with Crippen molar-refractivity contribution in [2.75, 3.05) is 5.88 Å². The SMILES string of the molecule is CCCC1OC=C(CCl)O1. The van der Waals surface area contributed by atoms with Crippen LogP contribution in [0.15, 0.2) is 12.0 Å². The first-order valence-corrected chi connectivity index (χ1v) is 3.97. The molecule has 0 aliphatic carbocycles. The largest absolute Gasteiger partial charge is 0.459 e. The summed E-state index contributed by atoms with van der Waals surface area (Å²) in [6.45, 7) is 2.09. The maximum absolute atomic E-state index is 5.50. The van der Waals surface area contributed by atoms with Crippen LogP contribution >= 0.6 is 11.6 Å². The normalized spacial score (nSPS) is 23.4. The molecule has 1 heterocycles. The van der Waals surface area contributed by atoms with Gasteiger partial charge in [-0.2, -0.15) is 0 Å². The molecular weight excluding hydrogens is 152 g/mol. The maximum atomic E-state index is 5.50. The average molecular weight is 163 g/mol. The maximum Gasteiger partial charge on any atom is 0.240 e. The summed E-state index contributed by atoms with van der Waals surface area (Å²) in [5.74, 6) is 1.14. The molecule has 3 heteroatoms. The minimum Gasteiger partial charge on any atom is -0.459 e. The third kappa shape index (κ3) is 1.81.